The summed E-state index contributed by atoms with van der Waals surface area (Å²) in [5.41, 5.74) is 3.36. The Morgan fingerprint density at radius 2 is 1.38 bits per heavy atom. The number of nitrogens with one attached hydrogen (secondary N) is 2. The van der Waals surface area contributed by atoms with E-state index in [1.54, 1.807) is 55.6 Å². The summed E-state index contributed by atoms with van der Waals surface area (Å²) in [5.74, 6) is 0.997. The van der Waals surface area contributed by atoms with E-state index in [0.29, 0.717) is 28.8 Å². The van der Waals surface area contributed by atoms with E-state index in [0.717, 1.165) is 16.9 Å². The van der Waals surface area contributed by atoms with Crippen LogP contribution in [0.4, 0.5) is 11.4 Å². The van der Waals surface area contributed by atoms with Crippen LogP contribution < -0.4 is 20.1 Å². The molecule has 0 radical (unpaired) electrons. The summed E-state index contributed by atoms with van der Waals surface area (Å²) >= 11 is 0. The van der Waals surface area contributed by atoms with Crippen LogP contribution >= 0.6 is 0 Å². The van der Waals surface area contributed by atoms with Crippen molar-refractivity contribution in [3.63, 3.8) is 0 Å². The molecule has 2 amide bonds. The highest BCUT2D eigenvalue weighted by Gasteiger charge is 2.12. The van der Waals surface area contributed by atoms with Crippen LogP contribution in [0, 0.1) is 6.92 Å². The van der Waals surface area contributed by atoms with Gasteiger partial charge in [-0.05, 0) is 78.6 Å². The lowest BCUT2D eigenvalue weighted by Gasteiger charge is -2.15. The lowest BCUT2D eigenvalue weighted by molar-refractivity contribution is -0.147. The minimum Gasteiger partial charge on any atom is -0.497 e. The number of hydrogen-bond acceptors (Lipinski definition) is 6. The number of methoxy groups -OCH3 is 1. The number of carbonyl (C=O) groups excluding carboxylic acids is 3. The molecule has 0 saturated carbocycles. The van der Waals surface area contributed by atoms with E-state index in [2.05, 4.69) is 36.6 Å². The topological polar surface area (TPSA) is 103 Å². The highest BCUT2D eigenvalue weighted by Crippen LogP contribution is 2.32. The summed E-state index contributed by atoms with van der Waals surface area (Å²) < 4.78 is 16.1. The van der Waals surface area contributed by atoms with E-state index in [1.807, 2.05) is 13.0 Å². The molecule has 3 aromatic carbocycles. The lowest BCUT2D eigenvalue weighted by Crippen LogP contribution is -2.21. The van der Waals surface area contributed by atoms with Crippen molar-refractivity contribution in [2.45, 2.75) is 39.5 Å². The molecule has 0 saturated heterocycles. The van der Waals surface area contributed by atoms with Crippen LogP contribution in [0.5, 0.6) is 17.2 Å². The van der Waals surface area contributed by atoms with Gasteiger partial charge in [0.1, 0.15) is 17.2 Å². The number of aryl methyl sites for hydroxylation is 1. The molecule has 0 unspecified atom stereocenters. The molecule has 3 rings (SSSR count). The Morgan fingerprint density at radius 3 is 1.97 bits per heavy atom. The zero-order valence-electron chi connectivity index (χ0n) is 21.5. The number of anilines is 2. The number of ether oxygens (including phenoxy) is 3. The third-order valence-electron chi connectivity index (χ3n) is 5.45. The van der Waals surface area contributed by atoms with Gasteiger partial charge in [-0.3, -0.25) is 14.4 Å². The maximum absolute atomic E-state index is 12.2. The summed E-state index contributed by atoms with van der Waals surface area (Å²) in [6.45, 7) is 5.81. The second-order valence-electron chi connectivity index (χ2n) is 8.81. The Morgan fingerprint density at radius 1 is 0.784 bits per heavy atom. The second kappa shape index (κ2) is 13.1. The molecule has 8 nitrogen and oxygen atoms in total. The Labute approximate surface area is 216 Å². The average molecular weight is 505 g/mol. The van der Waals surface area contributed by atoms with Crippen LogP contribution in [-0.4, -0.2) is 31.5 Å². The highest BCUT2D eigenvalue weighted by atomic mass is 16.5. The van der Waals surface area contributed by atoms with Crippen molar-refractivity contribution in [1.29, 1.82) is 0 Å². The Balaban J connectivity index is 1.41. The van der Waals surface area contributed by atoms with Crippen LogP contribution in [0.25, 0.3) is 0 Å². The van der Waals surface area contributed by atoms with Gasteiger partial charge in [0.05, 0.1) is 13.5 Å². The first kappa shape index (κ1) is 27.3. The zero-order chi connectivity index (χ0) is 26.8. The third-order valence-corrected chi connectivity index (χ3v) is 5.45. The number of benzene rings is 3. The molecular weight excluding hydrogens is 472 g/mol. The van der Waals surface area contributed by atoms with Gasteiger partial charge in [-0.25, -0.2) is 0 Å². The first-order chi connectivity index (χ1) is 17.7. The van der Waals surface area contributed by atoms with Crippen LogP contribution in [0.1, 0.15) is 43.7 Å². The maximum Gasteiger partial charge on any atom is 0.306 e. The Hall–Kier alpha value is -4.33. The SMILES string of the molecule is COc1ccc(NC(=O)COC(=O)CCC(=O)Nc2ccc(Oc3cc(C)ccc3C(C)C)cc2)cc1. The van der Waals surface area contributed by atoms with Crippen LogP contribution in [-0.2, 0) is 19.1 Å². The van der Waals surface area contributed by atoms with E-state index in [9.17, 15) is 14.4 Å². The van der Waals surface area contributed by atoms with Gasteiger partial charge in [0, 0.05) is 17.8 Å². The van der Waals surface area contributed by atoms with Crippen LogP contribution in [0.15, 0.2) is 66.7 Å². The molecule has 0 aliphatic rings. The van der Waals surface area contributed by atoms with Gasteiger partial charge in [-0.15, -0.1) is 0 Å². The van der Waals surface area contributed by atoms with Crippen LogP contribution in [0.3, 0.4) is 0 Å². The fourth-order valence-electron chi connectivity index (χ4n) is 3.47. The molecule has 0 bridgehead atoms. The molecule has 0 aliphatic carbocycles. The standard InChI is InChI=1S/C29H32N2O6/c1-19(2)25-14-5-20(3)17-26(25)37-24-12-8-21(9-13-24)30-27(32)15-16-29(34)36-18-28(33)31-22-6-10-23(35-4)11-7-22/h5-14,17,19H,15-16,18H2,1-4H3,(H,30,32)(H,31,33). The van der Waals surface area contributed by atoms with Crippen molar-refractivity contribution >= 4 is 29.2 Å². The largest absolute Gasteiger partial charge is 0.497 e. The lowest BCUT2D eigenvalue weighted by atomic mass is 10.0. The van der Waals surface area contributed by atoms with Crippen molar-refractivity contribution in [1.82, 2.24) is 0 Å². The van der Waals surface area contributed by atoms with Gasteiger partial charge in [0.15, 0.2) is 6.61 Å². The van der Waals surface area contributed by atoms with Crippen molar-refractivity contribution in [2.75, 3.05) is 24.4 Å². The summed E-state index contributed by atoms with van der Waals surface area (Å²) in [4.78, 5) is 36.1. The molecule has 0 atom stereocenters. The molecule has 3 aromatic rings. The monoisotopic (exact) mass is 504 g/mol. The van der Waals surface area contributed by atoms with E-state index in [1.165, 1.54) is 0 Å². The van der Waals surface area contributed by atoms with Crippen molar-refractivity contribution in [3.8, 4) is 17.2 Å². The number of hydrogen-bond donors (Lipinski definition) is 2. The molecule has 0 fully saturated rings. The predicted molar refractivity (Wildman–Crippen MR) is 142 cm³/mol. The third kappa shape index (κ3) is 8.68. The first-order valence-corrected chi connectivity index (χ1v) is 12.0. The Kier molecular flexibility index (Phi) is 9.66. The van der Waals surface area contributed by atoms with Crippen molar-refractivity contribution in [3.05, 3.63) is 77.9 Å². The van der Waals surface area contributed by atoms with E-state index in [4.69, 9.17) is 14.2 Å². The number of esters is 1. The predicted octanol–water partition coefficient (Wildman–Crippen LogP) is 5.82. The summed E-state index contributed by atoms with van der Waals surface area (Å²) in [6, 6.07) is 19.9. The number of amides is 2. The smallest absolute Gasteiger partial charge is 0.306 e. The van der Waals surface area contributed by atoms with Gasteiger partial charge in [0.25, 0.3) is 5.91 Å². The maximum atomic E-state index is 12.2. The molecule has 2 N–H and O–H groups in total. The Bertz CT molecular complexity index is 1220. The molecule has 0 spiro atoms. The minimum absolute atomic E-state index is 0.0712. The molecule has 0 heterocycles. The van der Waals surface area contributed by atoms with Gasteiger partial charge in [0.2, 0.25) is 5.91 Å². The molecular formula is C29H32N2O6. The molecule has 194 valence electrons. The highest BCUT2D eigenvalue weighted by molar-refractivity contribution is 5.94. The molecule has 0 aromatic heterocycles. The summed E-state index contributed by atoms with van der Waals surface area (Å²) in [6.07, 6.45) is -0.216. The first-order valence-electron chi connectivity index (χ1n) is 12.0. The number of rotatable bonds is 11. The van der Waals surface area contributed by atoms with Gasteiger partial charge >= 0.3 is 5.97 Å². The van der Waals surface area contributed by atoms with Crippen LogP contribution in [0.2, 0.25) is 0 Å². The molecule has 0 aliphatic heterocycles. The summed E-state index contributed by atoms with van der Waals surface area (Å²) in [5, 5.41) is 5.36. The number of carbonyl (C=O) groups is 3. The molecule has 8 heteroatoms. The van der Waals surface area contributed by atoms with Gasteiger partial charge in [-0.1, -0.05) is 26.0 Å². The second-order valence-corrected chi connectivity index (χ2v) is 8.81. The van der Waals surface area contributed by atoms with E-state index >= 15 is 0 Å². The van der Waals surface area contributed by atoms with E-state index < -0.39 is 18.5 Å². The minimum atomic E-state index is -0.636. The fraction of sp³-hybridized carbons (Fsp3) is 0.276. The van der Waals surface area contributed by atoms with Crippen molar-refractivity contribution in [2.24, 2.45) is 0 Å². The average Bonchev–Trinajstić information content (AvgIpc) is 2.88. The van der Waals surface area contributed by atoms with Gasteiger partial charge in [-0.2, -0.15) is 0 Å². The molecule has 37 heavy (non-hydrogen) atoms. The summed E-state index contributed by atoms with van der Waals surface area (Å²) in [7, 11) is 1.55. The van der Waals surface area contributed by atoms with Crippen molar-refractivity contribution < 1.29 is 28.6 Å². The van der Waals surface area contributed by atoms with Gasteiger partial charge < -0.3 is 24.8 Å². The fourth-order valence-corrected chi connectivity index (χ4v) is 3.47. The van der Waals surface area contributed by atoms with E-state index in [-0.39, 0.29) is 18.7 Å². The zero-order valence-corrected chi connectivity index (χ0v) is 21.5. The normalized spacial score (nSPS) is 10.5. The quantitative estimate of drug-likeness (QED) is 0.319.